The van der Waals surface area contributed by atoms with E-state index < -0.39 is 0 Å². The van der Waals surface area contributed by atoms with Crippen molar-refractivity contribution >= 4 is 6.21 Å². The second-order valence-corrected chi connectivity index (χ2v) is 4.52. The van der Waals surface area contributed by atoms with Gasteiger partial charge in [-0.05, 0) is 19.9 Å². The van der Waals surface area contributed by atoms with Crippen LogP contribution in [-0.4, -0.2) is 22.9 Å². The molecule has 0 aliphatic heterocycles. The van der Waals surface area contributed by atoms with Gasteiger partial charge in [0.25, 0.3) is 0 Å². The first kappa shape index (κ1) is 13.3. The molecular formula is C15H19N3O. The molecule has 0 N–H and O–H groups in total. The Bertz CT molecular complexity index is 587. The van der Waals surface area contributed by atoms with Crippen molar-refractivity contribution in [1.29, 1.82) is 0 Å². The van der Waals surface area contributed by atoms with Crippen molar-refractivity contribution < 1.29 is 4.74 Å². The fourth-order valence-corrected chi connectivity index (χ4v) is 1.91. The number of hydrogen-bond donors (Lipinski definition) is 0. The monoisotopic (exact) mass is 257 g/mol. The van der Waals surface area contributed by atoms with Gasteiger partial charge in [-0.1, -0.05) is 18.2 Å². The summed E-state index contributed by atoms with van der Waals surface area (Å²) in [6.45, 7) is 4.08. The zero-order chi connectivity index (χ0) is 13.8. The highest BCUT2D eigenvalue weighted by atomic mass is 16.5. The molecule has 0 saturated carbocycles. The second kappa shape index (κ2) is 5.69. The van der Waals surface area contributed by atoms with Crippen LogP contribution in [-0.2, 0) is 7.05 Å². The number of benzene rings is 1. The molecule has 0 saturated heterocycles. The minimum atomic E-state index is 0.0394. The zero-order valence-corrected chi connectivity index (χ0v) is 11.8. The maximum absolute atomic E-state index is 5.35. The van der Waals surface area contributed by atoms with Gasteiger partial charge in [-0.15, -0.1) is 0 Å². The van der Waals surface area contributed by atoms with Crippen LogP contribution in [0.15, 0.2) is 35.6 Å². The van der Waals surface area contributed by atoms with Crippen molar-refractivity contribution in [3.63, 3.8) is 0 Å². The molecular weight excluding hydrogens is 238 g/mol. The van der Waals surface area contributed by atoms with Crippen LogP contribution < -0.4 is 4.74 Å². The minimum absolute atomic E-state index is 0.0394. The number of hydrogen-bond acceptors (Lipinski definition) is 3. The van der Waals surface area contributed by atoms with Crippen molar-refractivity contribution in [3.05, 3.63) is 47.5 Å². The van der Waals surface area contributed by atoms with Gasteiger partial charge in [0.1, 0.15) is 11.4 Å². The summed E-state index contributed by atoms with van der Waals surface area (Å²) in [5.74, 6) is 0.866. The molecule has 2 rings (SSSR count). The van der Waals surface area contributed by atoms with Crippen molar-refractivity contribution in [1.82, 2.24) is 9.55 Å². The van der Waals surface area contributed by atoms with Crippen LogP contribution in [0.2, 0.25) is 0 Å². The topological polar surface area (TPSA) is 39.4 Å². The van der Waals surface area contributed by atoms with Gasteiger partial charge in [0, 0.05) is 24.5 Å². The van der Waals surface area contributed by atoms with E-state index in [0.29, 0.717) is 0 Å². The van der Waals surface area contributed by atoms with Gasteiger partial charge < -0.3 is 9.30 Å². The molecule has 4 nitrogen and oxygen atoms in total. The average molecular weight is 257 g/mol. The van der Waals surface area contributed by atoms with Crippen LogP contribution in [0.1, 0.15) is 29.9 Å². The molecule has 1 atom stereocenters. The smallest absolute Gasteiger partial charge is 0.124 e. The molecule has 0 spiro atoms. The number of methoxy groups -OCH3 is 1. The van der Waals surface area contributed by atoms with E-state index in [0.717, 1.165) is 22.7 Å². The third-order valence-electron chi connectivity index (χ3n) is 3.28. The fourth-order valence-electron chi connectivity index (χ4n) is 1.91. The largest absolute Gasteiger partial charge is 0.496 e. The van der Waals surface area contributed by atoms with Crippen LogP contribution in [0.5, 0.6) is 5.75 Å². The van der Waals surface area contributed by atoms with E-state index in [1.807, 2.05) is 55.9 Å². The molecule has 0 bridgehead atoms. The van der Waals surface area contributed by atoms with Crippen LogP contribution in [0.25, 0.3) is 0 Å². The number of aromatic nitrogens is 2. The summed E-state index contributed by atoms with van der Waals surface area (Å²) in [7, 11) is 3.65. The standard InChI is InChI=1S/C15H19N3O/c1-11(13-7-5-6-8-15(13)19-4)16-9-14-12(2)18(3)10-17-14/h5-11H,1-4H3. The predicted octanol–water partition coefficient (Wildman–Crippen LogP) is 2.92. The maximum atomic E-state index is 5.35. The van der Waals surface area contributed by atoms with Gasteiger partial charge >= 0.3 is 0 Å². The maximum Gasteiger partial charge on any atom is 0.124 e. The van der Waals surface area contributed by atoms with Crippen LogP contribution in [0.4, 0.5) is 0 Å². The minimum Gasteiger partial charge on any atom is -0.496 e. The van der Waals surface area contributed by atoms with E-state index in [9.17, 15) is 0 Å². The van der Waals surface area contributed by atoms with Gasteiger partial charge in [-0.2, -0.15) is 0 Å². The SMILES string of the molecule is COc1ccccc1C(C)N=Cc1ncn(C)c1C. The first-order valence-corrected chi connectivity index (χ1v) is 6.27. The number of aliphatic imine (C=N–C) groups is 1. The molecule has 1 unspecified atom stereocenters. The number of imidazole rings is 1. The molecule has 1 aromatic carbocycles. The predicted molar refractivity (Wildman–Crippen MR) is 76.9 cm³/mol. The first-order chi connectivity index (χ1) is 9.13. The van der Waals surface area contributed by atoms with Crippen molar-refractivity contribution in [3.8, 4) is 5.75 Å². The summed E-state index contributed by atoms with van der Waals surface area (Å²) in [6, 6.07) is 7.98. The highest BCUT2D eigenvalue weighted by Gasteiger charge is 2.09. The van der Waals surface area contributed by atoms with E-state index >= 15 is 0 Å². The Morgan fingerprint density at radius 3 is 2.74 bits per heavy atom. The number of para-hydroxylation sites is 1. The molecule has 0 amide bonds. The summed E-state index contributed by atoms with van der Waals surface area (Å²) in [4.78, 5) is 8.87. The summed E-state index contributed by atoms with van der Waals surface area (Å²) in [6.07, 6.45) is 3.62. The molecule has 0 radical (unpaired) electrons. The summed E-state index contributed by atoms with van der Waals surface area (Å²) < 4.78 is 7.33. The third kappa shape index (κ3) is 2.84. The number of rotatable bonds is 4. The molecule has 0 fully saturated rings. The van der Waals surface area contributed by atoms with Crippen molar-refractivity contribution in [2.45, 2.75) is 19.9 Å². The average Bonchev–Trinajstić information content (AvgIpc) is 2.76. The summed E-state index contributed by atoms with van der Waals surface area (Å²) >= 11 is 0. The van der Waals surface area contributed by atoms with E-state index in [1.165, 1.54) is 0 Å². The number of ether oxygens (including phenoxy) is 1. The Kier molecular flexibility index (Phi) is 4.00. The van der Waals surface area contributed by atoms with Crippen LogP contribution in [0, 0.1) is 6.92 Å². The van der Waals surface area contributed by atoms with Gasteiger partial charge in [-0.25, -0.2) is 4.98 Å². The van der Waals surface area contributed by atoms with Crippen molar-refractivity contribution in [2.75, 3.05) is 7.11 Å². The molecule has 19 heavy (non-hydrogen) atoms. The van der Waals surface area contributed by atoms with Crippen LogP contribution >= 0.6 is 0 Å². The lowest BCUT2D eigenvalue weighted by atomic mass is 10.1. The van der Waals surface area contributed by atoms with E-state index in [1.54, 1.807) is 13.4 Å². The summed E-state index contributed by atoms with van der Waals surface area (Å²) in [5.41, 5.74) is 3.09. The lowest BCUT2D eigenvalue weighted by Gasteiger charge is -2.11. The van der Waals surface area contributed by atoms with Crippen molar-refractivity contribution in [2.24, 2.45) is 12.0 Å². The van der Waals surface area contributed by atoms with E-state index in [2.05, 4.69) is 9.98 Å². The highest BCUT2D eigenvalue weighted by Crippen LogP contribution is 2.26. The Balaban J connectivity index is 2.21. The third-order valence-corrected chi connectivity index (χ3v) is 3.28. The normalized spacial score (nSPS) is 12.8. The molecule has 1 aromatic heterocycles. The Labute approximate surface area is 113 Å². The van der Waals surface area contributed by atoms with Gasteiger partial charge in [0.15, 0.2) is 0 Å². The zero-order valence-electron chi connectivity index (χ0n) is 11.8. The second-order valence-electron chi connectivity index (χ2n) is 4.52. The van der Waals surface area contributed by atoms with Crippen LogP contribution in [0.3, 0.4) is 0 Å². The first-order valence-electron chi connectivity index (χ1n) is 6.27. The quantitative estimate of drug-likeness (QED) is 0.790. The molecule has 2 aromatic rings. The fraction of sp³-hybridized carbons (Fsp3) is 0.333. The highest BCUT2D eigenvalue weighted by molar-refractivity contribution is 5.78. The van der Waals surface area contributed by atoms with E-state index in [-0.39, 0.29) is 6.04 Å². The summed E-state index contributed by atoms with van der Waals surface area (Å²) in [5, 5.41) is 0. The molecule has 4 heteroatoms. The number of nitrogens with zero attached hydrogens (tertiary/aromatic N) is 3. The molecule has 0 aliphatic carbocycles. The lowest BCUT2D eigenvalue weighted by Crippen LogP contribution is -1.97. The molecule has 100 valence electrons. The molecule has 1 heterocycles. The number of aryl methyl sites for hydroxylation is 1. The molecule has 0 aliphatic rings. The van der Waals surface area contributed by atoms with Gasteiger partial charge in [0.2, 0.25) is 0 Å². The Morgan fingerprint density at radius 1 is 1.37 bits per heavy atom. The van der Waals surface area contributed by atoms with E-state index in [4.69, 9.17) is 4.74 Å². The van der Waals surface area contributed by atoms with Gasteiger partial charge in [0.05, 0.1) is 19.5 Å². The lowest BCUT2D eigenvalue weighted by molar-refractivity contribution is 0.407. The Hall–Kier alpha value is -2.10. The Morgan fingerprint density at radius 2 is 2.11 bits per heavy atom. The van der Waals surface area contributed by atoms with Gasteiger partial charge in [-0.3, -0.25) is 4.99 Å².